The van der Waals surface area contributed by atoms with Crippen LogP contribution in [0.2, 0.25) is 0 Å². The first-order valence-electron chi connectivity index (χ1n) is 10.0. The van der Waals surface area contributed by atoms with Crippen LogP contribution in [-0.4, -0.2) is 65.3 Å². The van der Waals surface area contributed by atoms with Crippen LogP contribution >= 0.6 is 0 Å². The van der Waals surface area contributed by atoms with Crippen molar-refractivity contribution >= 4 is 11.8 Å². The first-order chi connectivity index (χ1) is 12.7. The second-order valence-electron chi connectivity index (χ2n) is 7.50. The van der Waals surface area contributed by atoms with E-state index in [9.17, 15) is 9.59 Å². The zero-order valence-corrected chi connectivity index (χ0v) is 15.9. The normalized spacial score (nSPS) is 22.3. The van der Waals surface area contributed by atoms with Crippen LogP contribution < -0.4 is 0 Å². The van der Waals surface area contributed by atoms with Crippen molar-refractivity contribution in [1.82, 2.24) is 14.7 Å². The summed E-state index contributed by atoms with van der Waals surface area (Å²) < 4.78 is 0. The van der Waals surface area contributed by atoms with Crippen LogP contribution in [0, 0.1) is 0 Å². The molecule has 1 aromatic carbocycles. The predicted octanol–water partition coefficient (Wildman–Crippen LogP) is 2.51. The summed E-state index contributed by atoms with van der Waals surface area (Å²) in [6, 6.07) is 10.2. The highest BCUT2D eigenvalue weighted by molar-refractivity contribution is 5.81. The Labute approximate surface area is 156 Å². The molecule has 142 valence electrons. The van der Waals surface area contributed by atoms with E-state index in [1.165, 1.54) is 19.3 Å². The minimum atomic E-state index is 0.0931. The molecule has 0 aromatic heterocycles. The monoisotopic (exact) mass is 357 g/mol. The van der Waals surface area contributed by atoms with Gasteiger partial charge in [-0.2, -0.15) is 0 Å². The molecule has 26 heavy (non-hydrogen) atoms. The van der Waals surface area contributed by atoms with Crippen molar-refractivity contribution in [3.05, 3.63) is 35.9 Å². The summed E-state index contributed by atoms with van der Waals surface area (Å²) in [4.78, 5) is 31.7. The van der Waals surface area contributed by atoms with Gasteiger partial charge in [-0.3, -0.25) is 14.5 Å². The maximum atomic E-state index is 12.8. The molecule has 2 saturated heterocycles. The molecule has 5 heteroatoms. The third-order valence-corrected chi connectivity index (χ3v) is 5.62. The van der Waals surface area contributed by atoms with E-state index >= 15 is 0 Å². The highest BCUT2D eigenvalue weighted by Gasteiger charge is 2.31. The van der Waals surface area contributed by atoms with Crippen molar-refractivity contribution in [2.24, 2.45) is 0 Å². The molecule has 0 bridgehead atoms. The van der Waals surface area contributed by atoms with Crippen LogP contribution in [0.25, 0.3) is 0 Å². The predicted molar refractivity (Wildman–Crippen MR) is 103 cm³/mol. The molecule has 5 nitrogen and oxygen atoms in total. The molecule has 0 saturated carbocycles. The summed E-state index contributed by atoms with van der Waals surface area (Å²) in [7, 11) is 0. The van der Waals surface area contributed by atoms with E-state index in [1.807, 2.05) is 28.0 Å². The second kappa shape index (κ2) is 9.17. The number of nitrogens with zero attached hydrogens (tertiary/aromatic N) is 3. The topological polar surface area (TPSA) is 43.9 Å². The summed E-state index contributed by atoms with van der Waals surface area (Å²) in [6.07, 6.45) is 4.94. The molecular formula is C21H31N3O2. The van der Waals surface area contributed by atoms with Crippen LogP contribution in [0.4, 0.5) is 0 Å². The molecule has 2 amide bonds. The zero-order valence-electron chi connectivity index (χ0n) is 15.9. The van der Waals surface area contributed by atoms with Gasteiger partial charge in [0.25, 0.3) is 0 Å². The maximum absolute atomic E-state index is 12.8. The van der Waals surface area contributed by atoms with E-state index < -0.39 is 0 Å². The van der Waals surface area contributed by atoms with Gasteiger partial charge in [0.1, 0.15) is 0 Å². The van der Waals surface area contributed by atoms with Gasteiger partial charge in [0.05, 0.1) is 6.54 Å². The van der Waals surface area contributed by atoms with Crippen LogP contribution in [0.1, 0.15) is 44.6 Å². The molecule has 2 aliphatic rings. The highest BCUT2D eigenvalue weighted by Crippen LogP contribution is 2.18. The molecule has 0 spiro atoms. The van der Waals surface area contributed by atoms with Crippen molar-refractivity contribution < 1.29 is 9.59 Å². The van der Waals surface area contributed by atoms with Crippen LogP contribution in [-0.2, 0) is 16.1 Å². The zero-order chi connectivity index (χ0) is 18.4. The minimum absolute atomic E-state index is 0.0931. The lowest BCUT2D eigenvalue weighted by Gasteiger charge is -2.33. The molecule has 2 fully saturated rings. The van der Waals surface area contributed by atoms with Gasteiger partial charge >= 0.3 is 0 Å². The molecule has 0 N–H and O–H groups in total. The highest BCUT2D eigenvalue weighted by atomic mass is 16.2. The number of carbonyl (C=O) groups excluding carboxylic acids is 2. The van der Waals surface area contributed by atoms with Crippen molar-refractivity contribution in [3.63, 3.8) is 0 Å². The Kier molecular flexibility index (Phi) is 6.67. The SMILES string of the molecule is CC[C@@H]1CN(C(=O)CN2CCCCC2)CCC(=O)N1Cc1ccccc1. The molecule has 3 rings (SSSR count). The first-order valence-corrected chi connectivity index (χ1v) is 10.0. The van der Waals surface area contributed by atoms with E-state index in [-0.39, 0.29) is 17.9 Å². The fourth-order valence-electron chi connectivity index (χ4n) is 4.00. The molecule has 1 atom stereocenters. The number of rotatable bonds is 5. The Morgan fingerprint density at radius 3 is 2.50 bits per heavy atom. The summed E-state index contributed by atoms with van der Waals surface area (Å²) in [5, 5.41) is 0. The third kappa shape index (κ3) is 4.85. The standard InChI is InChI=1S/C21H31N3O2/c1-2-19-16-23(21(26)17-22-12-7-4-8-13-22)14-11-20(25)24(19)15-18-9-5-3-6-10-18/h3,5-6,9-10,19H,2,4,7-8,11-17H2,1H3/t19-/m1/s1. The average molecular weight is 357 g/mol. The fraction of sp³-hybridized carbons (Fsp3) is 0.619. The molecule has 0 unspecified atom stereocenters. The molecule has 2 aliphatic heterocycles. The van der Waals surface area contributed by atoms with Crippen molar-refractivity contribution in [3.8, 4) is 0 Å². The number of likely N-dealkylation sites (tertiary alicyclic amines) is 1. The van der Waals surface area contributed by atoms with Crippen molar-refractivity contribution in [2.75, 3.05) is 32.7 Å². The smallest absolute Gasteiger partial charge is 0.236 e. The summed E-state index contributed by atoms with van der Waals surface area (Å²) in [5.41, 5.74) is 1.15. The Morgan fingerprint density at radius 2 is 1.81 bits per heavy atom. The number of amides is 2. The Hall–Kier alpha value is -1.88. The fourth-order valence-corrected chi connectivity index (χ4v) is 4.00. The number of piperidine rings is 1. The lowest BCUT2D eigenvalue weighted by atomic mass is 10.1. The molecular weight excluding hydrogens is 326 g/mol. The van der Waals surface area contributed by atoms with Gasteiger partial charge in [0.15, 0.2) is 0 Å². The minimum Gasteiger partial charge on any atom is -0.339 e. The molecule has 0 radical (unpaired) electrons. The maximum Gasteiger partial charge on any atom is 0.236 e. The van der Waals surface area contributed by atoms with Gasteiger partial charge in [-0.1, -0.05) is 43.7 Å². The van der Waals surface area contributed by atoms with Gasteiger partial charge in [-0.15, -0.1) is 0 Å². The Balaban J connectivity index is 1.64. The number of hydrogen-bond acceptors (Lipinski definition) is 3. The van der Waals surface area contributed by atoms with Crippen LogP contribution in [0.5, 0.6) is 0 Å². The van der Waals surface area contributed by atoms with Crippen molar-refractivity contribution in [1.29, 1.82) is 0 Å². The van der Waals surface area contributed by atoms with Crippen molar-refractivity contribution in [2.45, 2.75) is 51.6 Å². The molecule has 2 heterocycles. The molecule has 0 aliphatic carbocycles. The van der Waals surface area contributed by atoms with Crippen LogP contribution in [0.15, 0.2) is 30.3 Å². The van der Waals surface area contributed by atoms with Gasteiger partial charge in [-0.05, 0) is 37.9 Å². The third-order valence-electron chi connectivity index (χ3n) is 5.62. The quantitative estimate of drug-likeness (QED) is 0.813. The number of hydrogen-bond donors (Lipinski definition) is 0. The lowest BCUT2D eigenvalue weighted by Crippen LogP contribution is -2.47. The van der Waals surface area contributed by atoms with Gasteiger partial charge in [0, 0.05) is 32.1 Å². The van der Waals surface area contributed by atoms with E-state index in [2.05, 4.69) is 24.0 Å². The number of benzene rings is 1. The first kappa shape index (κ1) is 18.9. The number of carbonyl (C=O) groups is 2. The van der Waals surface area contributed by atoms with Gasteiger partial charge < -0.3 is 9.80 Å². The Bertz CT molecular complexity index is 599. The molecule has 1 aromatic rings. The largest absolute Gasteiger partial charge is 0.339 e. The van der Waals surface area contributed by atoms with Gasteiger partial charge in [0.2, 0.25) is 11.8 Å². The van der Waals surface area contributed by atoms with E-state index in [1.54, 1.807) is 0 Å². The van der Waals surface area contributed by atoms with Gasteiger partial charge in [-0.25, -0.2) is 0 Å². The van der Waals surface area contributed by atoms with E-state index in [0.717, 1.165) is 25.1 Å². The second-order valence-corrected chi connectivity index (χ2v) is 7.50. The Morgan fingerprint density at radius 1 is 1.08 bits per heavy atom. The summed E-state index contributed by atoms with van der Waals surface area (Å²) >= 11 is 0. The average Bonchev–Trinajstić information content (AvgIpc) is 2.83. The van der Waals surface area contributed by atoms with Crippen LogP contribution in [0.3, 0.4) is 0 Å². The van der Waals surface area contributed by atoms with E-state index in [0.29, 0.717) is 32.6 Å². The lowest BCUT2D eigenvalue weighted by molar-refractivity contribution is -0.134. The summed E-state index contributed by atoms with van der Waals surface area (Å²) in [5.74, 6) is 0.341. The van der Waals surface area contributed by atoms with E-state index in [4.69, 9.17) is 0 Å². The summed E-state index contributed by atoms with van der Waals surface area (Å²) in [6.45, 7) is 6.49.